The van der Waals surface area contributed by atoms with Crippen LogP contribution in [0.4, 0.5) is 0 Å². The van der Waals surface area contributed by atoms with Gasteiger partial charge in [-0.15, -0.1) is 0 Å². The first-order chi connectivity index (χ1) is 26.2. The van der Waals surface area contributed by atoms with E-state index in [-0.39, 0.29) is 24.3 Å². The minimum absolute atomic E-state index is 0.135. The van der Waals surface area contributed by atoms with Crippen LogP contribution in [0, 0.1) is 0 Å². The molecule has 0 saturated carbocycles. The van der Waals surface area contributed by atoms with Gasteiger partial charge in [0.1, 0.15) is 6.61 Å². The van der Waals surface area contributed by atoms with Crippen molar-refractivity contribution in [3.63, 3.8) is 0 Å². The Bertz CT molecular complexity index is 2430. The molecule has 1 atom stereocenters. The van der Waals surface area contributed by atoms with Crippen LogP contribution in [0.5, 0.6) is 23.0 Å². The summed E-state index contributed by atoms with van der Waals surface area (Å²) >= 11 is 4.89. The van der Waals surface area contributed by atoms with Crippen LogP contribution in [0.3, 0.4) is 0 Å². The molecule has 0 N–H and O–H groups in total. The lowest BCUT2D eigenvalue weighted by molar-refractivity contribution is -0.143. The second-order valence-corrected chi connectivity index (χ2v) is 13.9. The van der Waals surface area contributed by atoms with Gasteiger partial charge in [0, 0.05) is 0 Å². The van der Waals surface area contributed by atoms with Gasteiger partial charge in [0.05, 0.1) is 53.2 Å². The number of esters is 2. The summed E-state index contributed by atoms with van der Waals surface area (Å²) in [5.41, 5.74) is 2.57. The lowest BCUT2D eigenvalue weighted by Crippen LogP contribution is -2.40. The number of fused-ring (bicyclic) bond motifs is 2. The summed E-state index contributed by atoms with van der Waals surface area (Å²) in [6.45, 7) is 7.97. The molecule has 0 amide bonds. The highest BCUT2D eigenvalue weighted by atomic mass is 79.9. The number of carbonyl (C=O) groups excluding carboxylic acids is 2. The van der Waals surface area contributed by atoms with Crippen LogP contribution in [0.2, 0.25) is 0 Å². The molecule has 13 heteroatoms. The molecule has 11 nitrogen and oxygen atoms in total. The topological polar surface area (TPSA) is 124 Å². The van der Waals surface area contributed by atoms with Crippen LogP contribution >= 0.6 is 27.3 Å². The van der Waals surface area contributed by atoms with Gasteiger partial charge >= 0.3 is 11.9 Å². The first kappa shape index (κ1) is 38.3. The number of hydrogen-bond donors (Lipinski definition) is 0. The van der Waals surface area contributed by atoms with Gasteiger partial charge in [-0.25, -0.2) is 14.6 Å². The average molecular weight is 816 g/mol. The van der Waals surface area contributed by atoms with Gasteiger partial charge in [-0.05, 0) is 101 Å². The van der Waals surface area contributed by atoms with Crippen LogP contribution in [0.1, 0.15) is 50.4 Å². The fourth-order valence-corrected chi connectivity index (χ4v) is 7.80. The van der Waals surface area contributed by atoms with Gasteiger partial charge in [0.15, 0.2) is 34.4 Å². The van der Waals surface area contributed by atoms with Gasteiger partial charge in [0.25, 0.3) is 5.56 Å². The van der Waals surface area contributed by atoms with Crippen LogP contribution in [0.25, 0.3) is 16.8 Å². The van der Waals surface area contributed by atoms with Gasteiger partial charge in [-0.3, -0.25) is 9.36 Å². The summed E-state index contributed by atoms with van der Waals surface area (Å²) in [5.74, 6) is 0.545. The number of thiazole rings is 1. The zero-order valence-electron chi connectivity index (χ0n) is 30.5. The van der Waals surface area contributed by atoms with E-state index in [2.05, 4.69) is 34.1 Å². The van der Waals surface area contributed by atoms with E-state index in [1.54, 1.807) is 38.1 Å². The number of benzene rings is 4. The zero-order valence-corrected chi connectivity index (χ0v) is 32.9. The van der Waals surface area contributed by atoms with E-state index < -0.39 is 18.0 Å². The lowest BCUT2D eigenvalue weighted by Gasteiger charge is -2.25. The number of rotatable bonds is 14. The number of ether oxygens (including phenoxy) is 6. The van der Waals surface area contributed by atoms with Crippen LogP contribution < -0.4 is 33.8 Å². The van der Waals surface area contributed by atoms with Gasteiger partial charge < -0.3 is 28.4 Å². The van der Waals surface area contributed by atoms with Crippen LogP contribution in [-0.2, 0) is 25.7 Å². The molecule has 0 bridgehead atoms. The predicted molar refractivity (Wildman–Crippen MR) is 209 cm³/mol. The van der Waals surface area contributed by atoms with E-state index in [4.69, 9.17) is 33.4 Å². The van der Waals surface area contributed by atoms with Crippen molar-refractivity contribution in [2.24, 2.45) is 4.99 Å². The predicted octanol–water partition coefficient (Wildman–Crippen LogP) is 6.64. The standard InChI is InChI=1S/C41H39BrN2O9S/c1-6-49-32-21-27(16-17-31(32)52-23-35(45)48-5)37-36(40(47)51-8-3)24(4)43-41-44(37)39(46)34(54-41)20-25-18-30(42)38(33(19-25)50-7-2)53-22-28-14-11-13-26-12-9-10-15-29(26)28/h9-21,37H,6-8,22-23H2,1-5H3/b34-20+/t37-/m1/s1. The average Bonchev–Trinajstić information content (AvgIpc) is 3.46. The molecule has 6 rings (SSSR count). The van der Waals surface area contributed by atoms with E-state index in [9.17, 15) is 14.4 Å². The first-order valence-corrected chi connectivity index (χ1v) is 19.0. The van der Waals surface area contributed by atoms with Crippen molar-refractivity contribution in [3.8, 4) is 23.0 Å². The van der Waals surface area contributed by atoms with E-state index in [1.165, 1.54) is 23.0 Å². The number of hydrogen-bond acceptors (Lipinski definition) is 11. The van der Waals surface area contributed by atoms with Crippen molar-refractivity contribution in [3.05, 3.63) is 125 Å². The molecule has 0 radical (unpaired) electrons. The van der Waals surface area contributed by atoms with E-state index in [1.807, 2.05) is 50.2 Å². The number of halogens is 1. The molecule has 0 saturated heterocycles. The van der Waals surface area contributed by atoms with E-state index in [0.29, 0.717) is 73.4 Å². The molecule has 1 aliphatic heterocycles. The van der Waals surface area contributed by atoms with Gasteiger partial charge in [0.2, 0.25) is 0 Å². The Kier molecular flexibility index (Phi) is 12.2. The molecule has 5 aromatic rings. The molecule has 0 spiro atoms. The second kappa shape index (κ2) is 17.2. The fourth-order valence-electron chi connectivity index (χ4n) is 6.18. The Hall–Kier alpha value is -5.40. The van der Waals surface area contributed by atoms with Gasteiger partial charge in [-0.2, -0.15) is 0 Å². The molecule has 0 fully saturated rings. The highest BCUT2D eigenvalue weighted by Gasteiger charge is 2.34. The summed E-state index contributed by atoms with van der Waals surface area (Å²) in [4.78, 5) is 44.8. The molecule has 2 heterocycles. The summed E-state index contributed by atoms with van der Waals surface area (Å²) in [5, 5.41) is 2.24. The Balaban J connectivity index is 1.41. The SMILES string of the molecule is CCOC(=O)C1=C(C)N=c2s/c(=C/c3cc(Br)c(OCc4cccc5ccccc45)c(OCC)c3)c(=O)n2[C@@H]1c1ccc(OCC(=O)OC)c(OCC)c1. The summed E-state index contributed by atoms with van der Waals surface area (Å²) in [6, 6.07) is 22.1. The third-order valence-electron chi connectivity index (χ3n) is 8.55. The molecule has 54 heavy (non-hydrogen) atoms. The lowest BCUT2D eigenvalue weighted by atomic mass is 9.95. The Morgan fingerprint density at radius 3 is 2.41 bits per heavy atom. The maximum atomic E-state index is 14.4. The Morgan fingerprint density at radius 2 is 1.65 bits per heavy atom. The molecule has 1 aromatic heterocycles. The van der Waals surface area contributed by atoms with Crippen molar-refractivity contribution < 1.29 is 38.0 Å². The largest absolute Gasteiger partial charge is 0.490 e. The second-order valence-electron chi connectivity index (χ2n) is 12.0. The smallest absolute Gasteiger partial charge is 0.343 e. The number of carbonyl (C=O) groups is 2. The highest BCUT2D eigenvalue weighted by molar-refractivity contribution is 9.10. The third kappa shape index (κ3) is 8.07. The summed E-state index contributed by atoms with van der Waals surface area (Å²) in [7, 11) is 1.27. The number of methoxy groups -OCH3 is 1. The normalized spacial score (nSPS) is 14.0. The Morgan fingerprint density at radius 1 is 0.889 bits per heavy atom. The van der Waals surface area contributed by atoms with E-state index in [0.717, 1.165) is 16.3 Å². The number of allylic oxidation sites excluding steroid dienone is 1. The quantitative estimate of drug-likeness (QED) is 0.114. The van der Waals surface area contributed by atoms with Crippen molar-refractivity contribution in [1.82, 2.24) is 4.57 Å². The number of aromatic nitrogens is 1. The first-order valence-electron chi connectivity index (χ1n) is 17.4. The highest BCUT2D eigenvalue weighted by Crippen LogP contribution is 2.39. The minimum Gasteiger partial charge on any atom is -0.490 e. The summed E-state index contributed by atoms with van der Waals surface area (Å²) in [6.07, 6.45) is 1.77. The van der Waals surface area contributed by atoms with Crippen LogP contribution in [0.15, 0.2) is 98.3 Å². The van der Waals surface area contributed by atoms with Crippen molar-refractivity contribution in [2.75, 3.05) is 33.5 Å². The molecule has 0 aliphatic carbocycles. The number of nitrogens with zero attached hydrogens (tertiary/aromatic N) is 2. The molecular weight excluding hydrogens is 776 g/mol. The van der Waals surface area contributed by atoms with Crippen molar-refractivity contribution in [2.45, 2.75) is 40.3 Å². The molecule has 4 aromatic carbocycles. The molecule has 1 aliphatic rings. The summed E-state index contributed by atoms with van der Waals surface area (Å²) < 4.78 is 36.6. The molecule has 0 unspecified atom stereocenters. The molecular formula is C41H39BrN2O9S. The van der Waals surface area contributed by atoms with Crippen LogP contribution in [-0.4, -0.2) is 50.0 Å². The zero-order chi connectivity index (χ0) is 38.4. The van der Waals surface area contributed by atoms with E-state index >= 15 is 0 Å². The van der Waals surface area contributed by atoms with Gasteiger partial charge in [-0.1, -0.05) is 59.9 Å². The maximum absolute atomic E-state index is 14.4. The van der Waals surface area contributed by atoms with Crippen molar-refractivity contribution in [1.29, 1.82) is 0 Å². The monoisotopic (exact) mass is 814 g/mol. The fraction of sp³-hybridized carbons (Fsp3) is 0.268. The minimum atomic E-state index is -0.896. The molecule has 280 valence electrons. The Labute approximate surface area is 324 Å². The maximum Gasteiger partial charge on any atom is 0.343 e. The van der Waals surface area contributed by atoms with Crippen molar-refractivity contribution >= 4 is 56.1 Å². The third-order valence-corrected chi connectivity index (χ3v) is 10.1.